The van der Waals surface area contributed by atoms with E-state index in [-0.39, 0.29) is 6.10 Å². The SMILES string of the molecule is Cc1cc(C)n(CC2CN(c3ncccc3C#N)CCO2)n1. The molecule has 3 rings (SSSR count). The highest BCUT2D eigenvalue weighted by Gasteiger charge is 2.24. The van der Waals surface area contributed by atoms with Crippen LogP contribution in [0.4, 0.5) is 5.82 Å². The number of rotatable bonds is 3. The molecule has 0 aromatic carbocycles. The predicted molar refractivity (Wildman–Crippen MR) is 82.6 cm³/mol. The van der Waals surface area contributed by atoms with E-state index in [1.807, 2.05) is 18.5 Å². The Morgan fingerprint density at radius 2 is 2.32 bits per heavy atom. The van der Waals surface area contributed by atoms with Crippen molar-refractivity contribution >= 4 is 5.82 Å². The van der Waals surface area contributed by atoms with Gasteiger partial charge in [0.2, 0.25) is 0 Å². The summed E-state index contributed by atoms with van der Waals surface area (Å²) in [6, 6.07) is 7.86. The Kier molecular flexibility index (Phi) is 4.07. The van der Waals surface area contributed by atoms with Gasteiger partial charge in [0.25, 0.3) is 0 Å². The van der Waals surface area contributed by atoms with Gasteiger partial charge in [-0.15, -0.1) is 0 Å². The molecule has 1 aliphatic rings. The van der Waals surface area contributed by atoms with Crippen LogP contribution in [0.3, 0.4) is 0 Å². The summed E-state index contributed by atoms with van der Waals surface area (Å²) in [6.07, 6.45) is 1.77. The Labute approximate surface area is 129 Å². The lowest BCUT2D eigenvalue weighted by molar-refractivity contribution is 0.0267. The lowest BCUT2D eigenvalue weighted by Gasteiger charge is -2.34. The van der Waals surface area contributed by atoms with E-state index < -0.39 is 0 Å². The van der Waals surface area contributed by atoms with Crippen molar-refractivity contribution in [3.8, 4) is 6.07 Å². The van der Waals surface area contributed by atoms with Gasteiger partial charge in [0.1, 0.15) is 11.9 Å². The third-order valence-corrected chi connectivity index (χ3v) is 3.83. The second kappa shape index (κ2) is 6.16. The van der Waals surface area contributed by atoms with Gasteiger partial charge in [0.05, 0.1) is 30.5 Å². The Bertz CT molecular complexity index is 703. The molecule has 6 heteroatoms. The molecule has 1 atom stereocenters. The third kappa shape index (κ3) is 2.95. The number of hydrogen-bond donors (Lipinski definition) is 0. The van der Waals surface area contributed by atoms with E-state index in [9.17, 15) is 5.26 Å². The van der Waals surface area contributed by atoms with Gasteiger partial charge in [-0.2, -0.15) is 10.4 Å². The number of nitriles is 1. The van der Waals surface area contributed by atoms with Crippen LogP contribution in [0.5, 0.6) is 0 Å². The molecule has 1 saturated heterocycles. The van der Waals surface area contributed by atoms with Crippen molar-refractivity contribution in [2.45, 2.75) is 26.5 Å². The second-order valence-corrected chi connectivity index (χ2v) is 5.53. The van der Waals surface area contributed by atoms with Crippen molar-refractivity contribution < 1.29 is 4.74 Å². The number of nitrogens with zero attached hydrogens (tertiary/aromatic N) is 5. The molecule has 114 valence electrons. The first-order chi connectivity index (χ1) is 10.7. The van der Waals surface area contributed by atoms with Gasteiger partial charge in [0, 0.05) is 25.0 Å². The predicted octanol–water partition coefficient (Wildman–Crippen LogP) is 1.67. The molecule has 0 amide bonds. The average Bonchev–Trinajstić information content (AvgIpc) is 2.85. The first-order valence-corrected chi connectivity index (χ1v) is 7.40. The van der Waals surface area contributed by atoms with Crippen molar-refractivity contribution in [2.24, 2.45) is 0 Å². The first kappa shape index (κ1) is 14.5. The Hall–Kier alpha value is -2.39. The van der Waals surface area contributed by atoms with Crippen molar-refractivity contribution in [1.82, 2.24) is 14.8 Å². The summed E-state index contributed by atoms with van der Waals surface area (Å²) in [4.78, 5) is 6.49. The summed E-state index contributed by atoms with van der Waals surface area (Å²) in [7, 11) is 0. The summed E-state index contributed by atoms with van der Waals surface area (Å²) in [5, 5.41) is 13.7. The molecule has 1 unspecified atom stereocenters. The molecule has 0 spiro atoms. The first-order valence-electron chi connectivity index (χ1n) is 7.40. The van der Waals surface area contributed by atoms with Gasteiger partial charge >= 0.3 is 0 Å². The van der Waals surface area contributed by atoms with Crippen molar-refractivity contribution in [1.29, 1.82) is 5.26 Å². The number of ether oxygens (including phenoxy) is 1. The maximum atomic E-state index is 9.23. The summed E-state index contributed by atoms with van der Waals surface area (Å²) < 4.78 is 7.84. The molecule has 1 aliphatic heterocycles. The van der Waals surface area contributed by atoms with E-state index in [2.05, 4.69) is 27.1 Å². The van der Waals surface area contributed by atoms with Crippen molar-refractivity contribution in [2.75, 3.05) is 24.6 Å². The topological polar surface area (TPSA) is 67.0 Å². The molecule has 2 aromatic rings. The Morgan fingerprint density at radius 3 is 3.05 bits per heavy atom. The number of morpholine rings is 1. The summed E-state index contributed by atoms with van der Waals surface area (Å²) in [5.41, 5.74) is 2.75. The third-order valence-electron chi connectivity index (χ3n) is 3.83. The van der Waals surface area contributed by atoms with Crippen LogP contribution in [0.25, 0.3) is 0 Å². The van der Waals surface area contributed by atoms with E-state index in [0.717, 1.165) is 23.8 Å². The Balaban J connectivity index is 1.74. The molecular weight excluding hydrogens is 278 g/mol. The zero-order valence-electron chi connectivity index (χ0n) is 12.9. The number of aryl methyl sites for hydroxylation is 2. The van der Waals surface area contributed by atoms with Gasteiger partial charge in [-0.3, -0.25) is 4.68 Å². The fourth-order valence-corrected chi connectivity index (χ4v) is 2.81. The molecule has 22 heavy (non-hydrogen) atoms. The van der Waals surface area contributed by atoms with Gasteiger partial charge in [0.15, 0.2) is 0 Å². The zero-order chi connectivity index (χ0) is 15.5. The quantitative estimate of drug-likeness (QED) is 0.862. The lowest BCUT2D eigenvalue weighted by Crippen LogP contribution is -2.45. The van der Waals surface area contributed by atoms with E-state index in [1.165, 1.54) is 0 Å². The van der Waals surface area contributed by atoms with E-state index in [1.54, 1.807) is 18.3 Å². The van der Waals surface area contributed by atoms with Crippen LogP contribution in [0.2, 0.25) is 0 Å². The Morgan fingerprint density at radius 1 is 1.45 bits per heavy atom. The molecule has 0 aliphatic carbocycles. The molecule has 0 bridgehead atoms. The number of hydrogen-bond acceptors (Lipinski definition) is 5. The largest absolute Gasteiger partial charge is 0.373 e. The maximum Gasteiger partial charge on any atom is 0.146 e. The molecule has 6 nitrogen and oxygen atoms in total. The van der Waals surface area contributed by atoms with Crippen LogP contribution in [-0.4, -0.2) is 40.6 Å². The van der Waals surface area contributed by atoms with E-state index in [0.29, 0.717) is 25.3 Å². The fraction of sp³-hybridized carbons (Fsp3) is 0.438. The van der Waals surface area contributed by atoms with Gasteiger partial charge in [-0.05, 0) is 32.0 Å². The van der Waals surface area contributed by atoms with Crippen LogP contribution >= 0.6 is 0 Å². The van der Waals surface area contributed by atoms with Crippen molar-refractivity contribution in [3.63, 3.8) is 0 Å². The molecule has 3 heterocycles. The highest BCUT2D eigenvalue weighted by atomic mass is 16.5. The molecule has 0 N–H and O–H groups in total. The van der Waals surface area contributed by atoms with Gasteiger partial charge < -0.3 is 9.64 Å². The standard InChI is InChI=1S/C16H19N5O/c1-12-8-13(2)21(19-12)11-15-10-20(6-7-22-15)16-14(9-17)4-3-5-18-16/h3-5,8,15H,6-7,10-11H2,1-2H3. The van der Waals surface area contributed by atoms with Crippen LogP contribution in [0.1, 0.15) is 17.0 Å². The number of pyridine rings is 1. The number of aromatic nitrogens is 3. The van der Waals surface area contributed by atoms with Crippen LogP contribution < -0.4 is 4.90 Å². The smallest absolute Gasteiger partial charge is 0.146 e. The summed E-state index contributed by atoms with van der Waals surface area (Å²) in [5.74, 6) is 0.742. The minimum absolute atomic E-state index is 0.0419. The highest BCUT2D eigenvalue weighted by molar-refractivity contribution is 5.53. The fourth-order valence-electron chi connectivity index (χ4n) is 2.81. The highest BCUT2D eigenvalue weighted by Crippen LogP contribution is 2.20. The maximum absolute atomic E-state index is 9.23. The molecule has 1 fully saturated rings. The number of anilines is 1. The minimum Gasteiger partial charge on any atom is -0.373 e. The second-order valence-electron chi connectivity index (χ2n) is 5.53. The van der Waals surface area contributed by atoms with Gasteiger partial charge in [-0.1, -0.05) is 0 Å². The normalized spacial score (nSPS) is 18.2. The lowest BCUT2D eigenvalue weighted by atomic mass is 10.2. The van der Waals surface area contributed by atoms with E-state index in [4.69, 9.17) is 4.74 Å². The molecule has 2 aromatic heterocycles. The molecular formula is C16H19N5O. The van der Waals surface area contributed by atoms with Crippen LogP contribution in [0, 0.1) is 25.2 Å². The summed E-state index contributed by atoms with van der Waals surface area (Å²) in [6.45, 7) is 6.84. The van der Waals surface area contributed by atoms with E-state index >= 15 is 0 Å². The molecule has 0 saturated carbocycles. The van der Waals surface area contributed by atoms with Crippen molar-refractivity contribution in [3.05, 3.63) is 41.3 Å². The van der Waals surface area contributed by atoms with Crippen LogP contribution in [-0.2, 0) is 11.3 Å². The molecule has 0 radical (unpaired) electrons. The minimum atomic E-state index is 0.0419. The van der Waals surface area contributed by atoms with Gasteiger partial charge in [-0.25, -0.2) is 4.98 Å². The summed E-state index contributed by atoms with van der Waals surface area (Å²) >= 11 is 0. The van der Waals surface area contributed by atoms with Crippen LogP contribution in [0.15, 0.2) is 24.4 Å². The zero-order valence-corrected chi connectivity index (χ0v) is 12.9. The monoisotopic (exact) mass is 297 g/mol. The average molecular weight is 297 g/mol.